The Morgan fingerprint density at radius 3 is 2.36 bits per heavy atom. The summed E-state index contributed by atoms with van der Waals surface area (Å²) in [7, 11) is -3.65. The van der Waals surface area contributed by atoms with Gasteiger partial charge < -0.3 is 0 Å². The Labute approximate surface area is 128 Å². The molecule has 1 heterocycles. The van der Waals surface area contributed by atoms with E-state index in [0.717, 1.165) is 12.5 Å². The van der Waals surface area contributed by atoms with Crippen LogP contribution in [0.1, 0.15) is 6.42 Å². The van der Waals surface area contributed by atoms with Gasteiger partial charge in [-0.3, -0.25) is 10.1 Å². The van der Waals surface area contributed by atoms with Gasteiger partial charge in [0.2, 0.25) is 10.0 Å². The van der Waals surface area contributed by atoms with Crippen LogP contribution < -0.4 is 0 Å². The average molecular weight is 320 g/mol. The maximum atomic E-state index is 12.8. The zero-order valence-corrected chi connectivity index (χ0v) is 12.6. The third kappa shape index (κ3) is 1.92. The van der Waals surface area contributed by atoms with E-state index in [-0.39, 0.29) is 10.6 Å². The van der Waals surface area contributed by atoms with Crippen molar-refractivity contribution in [2.45, 2.75) is 11.3 Å². The smallest absolute Gasteiger partial charge is 0.258 e. The van der Waals surface area contributed by atoms with Crippen LogP contribution in [0.25, 0.3) is 0 Å². The lowest BCUT2D eigenvalue weighted by Gasteiger charge is -2.18. The van der Waals surface area contributed by atoms with Crippen molar-refractivity contribution in [3.8, 4) is 0 Å². The zero-order valence-electron chi connectivity index (χ0n) is 11.8. The fourth-order valence-electron chi connectivity index (χ4n) is 4.22. The van der Waals surface area contributed by atoms with E-state index in [9.17, 15) is 18.5 Å². The Hall–Kier alpha value is -1.73. The van der Waals surface area contributed by atoms with Gasteiger partial charge in [0.15, 0.2) is 0 Å². The molecule has 22 heavy (non-hydrogen) atoms. The summed E-state index contributed by atoms with van der Waals surface area (Å²) in [4.78, 5) is 10.3. The largest absolute Gasteiger partial charge is 0.270 e. The van der Waals surface area contributed by atoms with Crippen molar-refractivity contribution in [1.29, 1.82) is 0 Å². The molecule has 6 nitrogen and oxygen atoms in total. The van der Waals surface area contributed by atoms with Crippen molar-refractivity contribution < 1.29 is 13.3 Å². The van der Waals surface area contributed by atoms with Crippen molar-refractivity contribution in [1.82, 2.24) is 4.31 Å². The Morgan fingerprint density at radius 1 is 1.14 bits per heavy atom. The average Bonchev–Trinajstić information content (AvgIpc) is 3.19. The highest BCUT2D eigenvalue weighted by atomic mass is 32.2. The predicted octanol–water partition coefficient (Wildman–Crippen LogP) is 2.04. The fourth-order valence-corrected chi connectivity index (χ4v) is 5.77. The van der Waals surface area contributed by atoms with Gasteiger partial charge in [-0.1, -0.05) is 18.2 Å². The first-order chi connectivity index (χ1) is 10.5. The van der Waals surface area contributed by atoms with E-state index < -0.39 is 14.9 Å². The second kappa shape index (κ2) is 4.63. The molecule has 1 saturated carbocycles. The van der Waals surface area contributed by atoms with E-state index in [1.54, 1.807) is 0 Å². The first kappa shape index (κ1) is 13.9. The van der Waals surface area contributed by atoms with Crippen LogP contribution in [0.4, 0.5) is 5.69 Å². The molecule has 1 aromatic rings. The minimum absolute atomic E-state index is 0.0157. The van der Waals surface area contributed by atoms with Gasteiger partial charge >= 0.3 is 0 Å². The Kier molecular flexibility index (Phi) is 2.93. The van der Waals surface area contributed by atoms with Gasteiger partial charge in [0.1, 0.15) is 0 Å². The summed E-state index contributed by atoms with van der Waals surface area (Å²) in [5.41, 5.74) is -0.192. The zero-order chi connectivity index (χ0) is 15.5. The molecule has 0 spiro atoms. The van der Waals surface area contributed by atoms with Crippen LogP contribution in [0.3, 0.4) is 0 Å². The number of allylic oxidation sites excluding steroid dienone is 2. The molecule has 0 radical (unpaired) electrons. The monoisotopic (exact) mass is 320 g/mol. The van der Waals surface area contributed by atoms with Crippen LogP contribution in [0.5, 0.6) is 0 Å². The minimum atomic E-state index is -3.65. The van der Waals surface area contributed by atoms with Crippen LogP contribution in [-0.2, 0) is 10.0 Å². The number of hydrogen-bond acceptors (Lipinski definition) is 4. The van der Waals surface area contributed by atoms with Crippen molar-refractivity contribution in [3.63, 3.8) is 0 Å². The van der Waals surface area contributed by atoms with Gasteiger partial charge in [-0.25, -0.2) is 8.42 Å². The van der Waals surface area contributed by atoms with Crippen molar-refractivity contribution in [2.24, 2.45) is 23.7 Å². The molecule has 2 aliphatic carbocycles. The molecule has 0 aromatic heterocycles. The molecule has 116 valence electrons. The van der Waals surface area contributed by atoms with E-state index in [0.29, 0.717) is 36.8 Å². The summed E-state index contributed by atoms with van der Waals surface area (Å²) in [6.45, 7) is 1.06. The highest BCUT2D eigenvalue weighted by Gasteiger charge is 2.51. The van der Waals surface area contributed by atoms with Crippen molar-refractivity contribution in [2.75, 3.05) is 13.1 Å². The van der Waals surface area contributed by atoms with Gasteiger partial charge in [-0.05, 0) is 36.2 Å². The number of non-ortho nitro benzene ring substituents is 1. The number of sulfonamides is 1. The lowest BCUT2D eigenvalue weighted by atomic mass is 9.86. The molecule has 0 amide bonds. The molecule has 7 heteroatoms. The van der Waals surface area contributed by atoms with Crippen LogP contribution >= 0.6 is 0 Å². The minimum Gasteiger partial charge on any atom is -0.258 e. The van der Waals surface area contributed by atoms with Gasteiger partial charge in [-0.2, -0.15) is 4.31 Å². The van der Waals surface area contributed by atoms with Gasteiger partial charge in [0, 0.05) is 25.2 Å². The topological polar surface area (TPSA) is 80.5 Å². The number of benzene rings is 1. The summed E-state index contributed by atoms with van der Waals surface area (Å²) in [5, 5.41) is 10.8. The van der Waals surface area contributed by atoms with Crippen LogP contribution in [0, 0.1) is 33.8 Å². The maximum absolute atomic E-state index is 12.8. The normalized spacial score (nSPS) is 33.3. The van der Waals surface area contributed by atoms with E-state index in [2.05, 4.69) is 12.2 Å². The summed E-state index contributed by atoms with van der Waals surface area (Å²) in [5.74, 6) is 1.81. The first-order valence-electron chi connectivity index (χ1n) is 7.40. The molecule has 4 rings (SSSR count). The molecule has 1 aliphatic heterocycles. The number of nitro benzene ring substituents is 1. The Bertz CT molecular complexity index is 754. The van der Waals surface area contributed by atoms with E-state index in [1.165, 1.54) is 22.5 Å². The summed E-state index contributed by atoms with van der Waals surface area (Å²) < 4.78 is 27.0. The molecule has 0 N–H and O–H groups in total. The number of nitro groups is 1. The third-order valence-electron chi connectivity index (χ3n) is 5.29. The molecule has 2 fully saturated rings. The number of rotatable bonds is 3. The summed E-state index contributed by atoms with van der Waals surface area (Å²) in [6, 6.07) is 5.31. The first-order valence-corrected chi connectivity index (χ1v) is 8.84. The Balaban J connectivity index is 1.63. The molecular weight excluding hydrogens is 304 g/mol. The van der Waals surface area contributed by atoms with E-state index in [4.69, 9.17) is 0 Å². The number of hydrogen-bond donors (Lipinski definition) is 0. The number of nitrogens with zero attached hydrogens (tertiary/aromatic N) is 2. The molecule has 2 bridgehead atoms. The molecule has 1 aromatic carbocycles. The predicted molar refractivity (Wildman–Crippen MR) is 79.6 cm³/mol. The second-order valence-electron chi connectivity index (χ2n) is 6.35. The van der Waals surface area contributed by atoms with E-state index in [1.807, 2.05) is 0 Å². The summed E-state index contributed by atoms with van der Waals surface area (Å²) in [6.07, 6.45) is 5.59. The molecule has 3 aliphatic rings. The van der Waals surface area contributed by atoms with Crippen LogP contribution in [-0.4, -0.2) is 30.7 Å². The van der Waals surface area contributed by atoms with Gasteiger partial charge in [0.25, 0.3) is 5.69 Å². The maximum Gasteiger partial charge on any atom is 0.270 e. The van der Waals surface area contributed by atoms with E-state index >= 15 is 0 Å². The Morgan fingerprint density at radius 2 is 1.77 bits per heavy atom. The standard InChI is InChI=1S/C15H16N2O4S/c18-17(19)12-2-1-3-13(7-12)22(20,21)16-8-14-10-4-5-11(6-10)15(14)9-16/h1-5,7,10-11,14-15H,6,8-9H2/t10-,11+,14-,15-/m0/s1. The SMILES string of the molecule is O=[N+]([O-])c1cccc(S(=O)(=O)N2C[C@@H]3[C@@H](C2)[C@H]2C=C[C@@H]3C2)c1. The fraction of sp³-hybridized carbons (Fsp3) is 0.467. The molecule has 0 unspecified atom stereocenters. The molecule has 4 atom stereocenters. The highest BCUT2D eigenvalue weighted by Crippen LogP contribution is 2.52. The van der Waals surface area contributed by atoms with Crippen LogP contribution in [0.2, 0.25) is 0 Å². The molecular formula is C15H16N2O4S. The van der Waals surface area contributed by atoms with Crippen molar-refractivity contribution >= 4 is 15.7 Å². The highest BCUT2D eigenvalue weighted by molar-refractivity contribution is 7.89. The van der Waals surface area contributed by atoms with Crippen molar-refractivity contribution in [3.05, 3.63) is 46.5 Å². The third-order valence-corrected chi connectivity index (χ3v) is 7.12. The lowest BCUT2D eigenvalue weighted by Crippen LogP contribution is -2.30. The lowest BCUT2D eigenvalue weighted by molar-refractivity contribution is -0.385. The van der Waals surface area contributed by atoms with Crippen LogP contribution in [0.15, 0.2) is 41.3 Å². The van der Waals surface area contributed by atoms with Gasteiger partial charge in [-0.15, -0.1) is 0 Å². The second-order valence-corrected chi connectivity index (χ2v) is 8.29. The summed E-state index contributed by atoms with van der Waals surface area (Å²) >= 11 is 0. The number of fused-ring (bicyclic) bond motifs is 5. The molecule has 1 saturated heterocycles. The quantitative estimate of drug-likeness (QED) is 0.485. The van der Waals surface area contributed by atoms with Gasteiger partial charge in [0.05, 0.1) is 9.82 Å².